The third-order valence-electron chi connectivity index (χ3n) is 3.20. The quantitative estimate of drug-likeness (QED) is 0.583. The number of alkyl halides is 2. The van der Waals surface area contributed by atoms with E-state index in [1.54, 1.807) is 0 Å². The van der Waals surface area contributed by atoms with Gasteiger partial charge in [-0.25, -0.2) is 8.78 Å². The van der Waals surface area contributed by atoms with Crippen molar-refractivity contribution in [1.29, 1.82) is 0 Å². The second kappa shape index (κ2) is 3.08. The van der Waals surface area contributed by atoms with Crippen LogP contribution < -0.4 is 0 Å². The first-order valence-corrected chi connectivity index (χ1v) is 4.33. The summed E-state index contributed by atoms with van der Waals surface area (Å²) in [4.78, 5) is 0. The Balaban J connectivity index is 2.51. The van der Waals surface area contributed by atoms with Gasteiger partial charge in [0.1, 0.15) is 0 Å². The average Bonchev–Trinajstić information content (AvgIpc) is 2.11. The van der Waals surface area contributed by atoms with Crippen molar-refractivity contribution in [1.82, 2.24) is 0 Å². The summed E-state index contributed by atoms with van der Waals surface area (Å²) >= 11 is 0. The van der Waals surface area contributed by atoms with Gasteiger partial charge in [-0.3, -0.25) is 0 Å². The van der Waals surface area contributed by atoms with Gasteiger partial charge in [0.25, 0.3) is 0 Å². The predicted octanol–water partition coefficient (Wildman–Crippen LogP) is 3.47. The Morgan fingerprint density at radius 1 is 1.55 bits per heavy atom. The lowest BCUT2D eigenvalue weighted by atomic mass is 9.78. The van der Waals surface area contributed by atoms with Gasteiger partial charge in [-0.05, 0) is 17.8 Å². The third-order valence-corrected chi connectivity index (χ3v) is 3.20. The molecule has 2 heteroatoms. The minimum absolute atomic E-state index is 0.0752. The van der Waals surface area contributed by atoms with Crippen molar-refractivity contribution in [3.63, 3.8) is 0 Å². The maximum atomic E-state index is 12.1. The molecule has 0 radical (unpaired) electrons. The van der Waals surface area contributed by atoms with Crippen molar-refractivity contribution in [2.45, 2.75) is 46.0 Å². The van der Waals surface area contributed by atoms with Crippen LogP contribution in [-0.2, 0) is 0 Å². The molecule has 66 valence electrons. The Bertz CT molecular complexity index is 134. The van der Waals surface area contributed by atoms with Gasteiger partial charge in [-0.15, -0.1) is 0 Å². The van der Waals surface area contributed by atoms with E-state index in [9.17, 15) is 8.78 Å². The highest BCUT2D eigenvalue weighted by atomic mass is 19.3. The molecule has 0 heterocycles. The van der Waals surface area contributed by atoms with Crippen molar-refractivity contribution >= 4 is 0 Å². The Labute approximate surface area is 67.0 Å². The number of hydrogen-bond acceptors (Lipinski definition) is 0. The zero-order chi connectivity index (χ0) is 8.48. The molecule has 0 saturated heterocycles. The summed E-state index contributed by atoms with van der Waals surface area (Å²) in [6, 6.07) is 0. The highest BCUT2D eigenvalue weighted by molar-refractivity contribution is 4.86. The summed E-state index contributed by atoms with van der Waals surface area (Å²) in [6.45, 7) is 4.09. The number of hydrogen-bond donors (Lipinski definition) is 0. The maximum Gasteiger partial charge on any atom is 0.239 e. The lowest BCUT2D eigenvalue weighted by Gasteiger charge is -2.28. The Morgan fingerprint density at radius 2 is 2.18 bits per heavy atom. The molecule has 0 aromatic heterocycles. The molecule has 0 aromatic rings. The van der Waals surface area contributed by atoms with E-state index in [0.29, 0.717) is 5.92 Å². The zero-order valence-corrected chi connectivity index (χ0v) is 7.24. The molecule has 1 aliphatic rings. The fraction of sp³-hybridized carbons (Fsp3) is 1.00. The second-order valence-corrected chi connectivity index (χ2v) is 4.04. The molecule has 0 nitrogen and oxygen atoms in total. The molecule has 2 atom stereocenters. The molecular formula is C9H16F2. The van der Waals surface area contributed by atoms with Gasteiger partial charge in [-0.2, -0.15) is 0 Å². The van der Waals surface area contributed by atoms with Crippen LogP contribution in [0.2, 0.25) is 0 Å². The standard InChI is InChI=1S/C9H16F2/c1-7-4-3-5-9(7,2)6-8(10)11/h7-8H,3-6H2,1-2H3/t7?,9-/m0/s1. The minimum Gasteiger partial charge on any atom is -0.211 e. The third kappa shape index (κ3) is 1.91. The van der Waals surface area contributed by atoms with Crippen molar-refractivity contribution in [3.8, 4) is 0 Å². The Hall–Kier alpha value is -0.140. The SMILES string of the molecule is CC1CCC[C@@]1(C)CC(F)F. The summed E-state index contributed by atoms with van der Waals surface area (Å²) in [5, 5.41) is 0. The van der Waals surface area contributed by atoms with Crippen LogP contribution in [0.4, 0.5) is 8.78 Å². The Morgan fingerprint density at radius 3 is 2.55 bits per heavy atom. The number of halogens is 2. The molecule has 1 saturated carbocycles. The fourth-order valence-electron chi connectivity index (χ4n) is 2.06. The van der Waals surface area contributed by atoms with Crippen LogP contribution in [-0.4, -0.2) is 6.43 Å². The van der Waals surface area contributed by atoms with E-state index in [4.69, 9.17) is 0 Å². The van der Waals surface area contributed by atoms with Crippen molar-refractivity contribution in [2.75, 3.05) is 0 Å². The van der Waals surface area contributed by atoms with Crippen LogP contribution in [0.1, 0.15) is 39.5 Å². The van der Waals surface area contributed by atoms with E-state index in [1.807, 2.05) is 6.92 Å². The Kier molecular flexibility index (Phi) is 2.50. The summed E-state index contributed by atoms with van der Waals surface area (Å²) in [7, 11) is 0. The average molecular weight is 162 g/mol. The van der Waals surface area contributed by atoms with E-state index in [1.165, 1.54) is 0 Å². The second-order valence-electron chi connectivity index (χ2n) is 4.04. The predicted molar refractivity (Wildman–Crippen MR) is 41.7 cm³/mol. The molecule has 1 rings (SSSR count). The van der Waals surface area contributed by atoms with Crippen LogP contribution in [0.25, 0.3) is 0 Å². The van der Waals surface area contributed by atoms with Crippen LogP contribution in [0.5, 0.6) is 0 Å². The highest BCUT2D eigenvalue weighted by Gasteiger charge is 2.37. The van der Waals surface area contributed by atoms with E-state index in [-0.39, 0.29) is 11.8 Å². The van der Waals surface area contributed by atoms with Crippen molar-refractivity contribution in [3.05, 3.63) is 0 Å². The topological polar surface area (TPSA) is 0 Å². The van der Waals surface area contributed by atoms with Crippen LogP contribution in [0, 0.1) is 11.3 Å². The lowest BCUT2D eigenvalue weighted by Crippen LogP contribution is -2.22. The van der Waals surface area contributed by atoms with Gasteiger partial charge < -0.3 is 0 Å². The fourth-order valence-corrected chi connectivity index (χ4v) is 2.06. The molecule has 11 heavy (non-hydrogen) atoms. The van der Waals surface area contributed by atoms with Gasteiger partial charge in [0.05, 0.1) is 0 Å². The van der Waals surface area contributed by atoms with Crippen LogP contribution in [0.3, 0.4) is 0 Å². The molecule has 1 aliphatic carbocycles. The highest BCUT2D eigenvalue weighted by Crippen LogP contribution is 2.46. The first-order chi connectivity index (χ1) is 5.04. The summed E-state index contributed by atoms with van der Waals surface area (Å²) in [6.07, 6.45) is 1.21. The lowest BCUT2D eigenvalue weighted by molar-refractivity contribution is 0.0635. The first kappa shape index (κ1) is 8.95. The summed E-state index contributed by atoms with van der Waals surface area (Å²) in [5.74, 6) is 0.483. The maximum absolute atomic E-state index is 12.1. The summed E-state index contributed by atoms with van der Waals surface area (Å²) < 4.78 is 24.2. The van der Waals surface area contributed by atoms with Gasteiger partial charge in [0.15, 0.2) is 0 Å². The normalized spacial score (nSPS) is 38.5. The zero-order valence-electron chi connectivity index (χ0n) is 7.24. The summed E-state index contributed by atoms with van der Waals surface area (Å²) in [5.41, 5.74) is -0.0752. The molecule has 0 aliphatic heterocycles. The van der Waals surface area contributed by atoms with E-state index >= 15 is 0 Å². The molecule has 0 spiro atoms. The van der Waals surface area contributed by atoms with Crippen LogP contribution >= 0.6 is 0 Å². The number of rotatable bonds is 2. The van der Waals surface area contributed by atoms with E-state index in [0.717, 1.165) is 19.3 Å². The van der Waals surface area contributed by atoms with Crippen molar-refractivity contribution in [2.24, 2.45) is 11.3 Å². The molecule has 1 fully saturated rings. The van der Waals surface area contributed by atoms with Crippen LogP contribution in [0.15, 0.2) is 0 Å². The van der Waals surface area contributed by atoms with Gasteiger partial charge >= 0.3 is 0 Å². The monoisotopic (exact) mass is 162 g/mol. The molecule has 0 aromatic carbocycles. The molecule has 0 bridgehead atoms. The molecule has 1 unspecified atom stereocenters. The van der Waals surface area contributed by atoms with Gasteiger partial charge in [0.2, 0.25) is 6.43 Å². The molecule has 0 amide bonds. The first-order valence-electron chi connectivity index (χ1n) is 4.33. The van der Waals surface area contributed by atoms with E-state index in [2.05, 4.69) is 6.92 Å². The van der Waals surface area contributed by atoms with Gasteiger partial charge in [-0.1, -0.05) is 26.7 Å². The molecular weight excluding hydrogens is 146 g/mol. The molecule has 0 N–H and O–H groups in total. The van der Waals surface area contributed by atoms with Crippen molar-refractivity contribution < 1.29 is 8.78 Å². The van der Waals surface area contributed by atoms with E-state index < -0.39 is 6.43 Å². The largest absolute Gasteiger partial charge is 0.239 e. The smallest absolute Gasteiger partial charge is 0.211 e. The minimum atomic E-state index is -2.12. The van der Waals surface area contributed by atoms with Gasteiger partial charge in [0, 0.05) is 6.42 Å².